The number of nitrogens with one attached hydrogen (secondary N) is 1. The van der Waals surface area contributed by atoms with E-state index < -0.39 is 0 Å². The van der Waals surface area contributed by atoms with Crippen LogP contribution >= 0.6 is 0 Å². The van der Waals surface area contributed by atoms with Crippen molar-refractivity contribution in [3.63, 3.8) is 0 Å². The Morgan fingerprint density at radius 1 is 1.17 bits per heavy atom. The van der Waals surface area contributed by atoms with Crippen LogP contribution in [0.3, 0.4) is 0 Å². The van der Waals surface area contributed by atoms with Gasteiger partial charge in [0.2, 0.25) is 0 Å². The van der Waals surface area contributed by atoms with E-state index in [2.05, 4.69) is 41.2 Å². The van der Waals surface area contributed by atoms with Crippen molar-refractivity contribution in [2.75, 3.05) is 40.5 Å². The van der Waals surface area contributed by atoms with Gasteiger partial charge in [0, 0.05) is 26.7 Å². The van der Waals surface area contributed by atoms with Crippen molar-refractivity contribution < 1.29 is 9.47 Å². The molecule has 0 heterocycles. The maximum Gasteiger partial charge on any atom is 0.194 e. The summed E-state index contributed by atoms with van der Waals surface area (Å²) in [6.07, 6.45) is 2.28. The van der Waals surface area contributed by atoms with Crippen molar-refractivity contribution in [1.29, 1.82) is 0 Å². The first kappa shape index (κ1) is 19.3. The number of hydrogen-bond donors (Lipinski definition) is 1. The number of nitrogens with zero attached hydrogens (tertiary/aromatic N) is 2. The van der Waals surface area contributed by atoms with Crippen LogP contribution in [0.5, 0.6) is 5.75 Å². The zero-order valence-electron chi connectivity index (χ0n) is 15.0. The lowest BCUT2D eigenvalue weighted by Crippen LogP contribution is -2.38. The van der Waals surface area contributed by atoms with E-state index in [0.717, 1.165) is 44.2 Å². The highest BCUT2D eigenvalue weighted by Gasteiger charge is 2.06. The third kappa shape index (κ3) is 7.88. The second-order valence-corrected chi connectivity index (χ2v) is 5.41. The van der Waals surface area contributed by atoms with E-state index in [4.69, 9.17) is 9.47 Å². The SMILES string of the molecule is CCCCOCCN=C(NCC)N(C)Cc1ccc(OC)cc1. The predicted octanol–water partition coefficient (Wildman–Crippen LogP) is 2.91. The molecule has 0 fully saturated rings. The van der Waals surface area contributed by atoms with Crippen LogP contribution in [0, 0.1) is 0 Å². The van der Waals surface area contributed by atoms with Crippen LogP contribution in [0.25, 0.3) is 0 Å². The third-order valence-corrected chi connectivity index (χ3v) is 3.41. The predicted molar refractivity (Wildman–Crippen MR) is 96.2 cm³/mol. The number of methoxy groups -OCH3 is 1. The van der Waals surface area contributed by atoms with Crippen LogP contribution in [0.15, 0.2) is 29.3 Å². The summed E-state index contributed by atoms with van der Waals surface area (Å²) < 4.78 is 10.7. The molecule has 0 unspecified atom stereocenters. The van der Waals surface area contributed by atoms with Crippen molar-refractivity contribution in [1.82, 2.24) is 10.2 Å². The topological polar surface area (TPSA) is 46.1 Å². The van der Waals surface area contributed by atoms with Crippen molar-refractivity contribution >= 4 is 5.96 Å². The molecule has 1 aromatic rings. The summed E-state index contributed by atoms with van der Waals surface area (Å²) in [6, 6.07) is 8.11. The molecule has 0 amide bonds. The standard InChI is InChI=1S/C18H31N3O2/c1-5-7-13-23-14-12-20-18(19-6-2)21(3)15-16-8-10-17(22-4)11-9-16/h8-11H,5-7,12-15H2,1-4H3,(H,19,20). The van der Waals surface area contributed by atoms with E-state index in [1.165, 1.54) is 5.56 Å². The molecule has 5 nitrogen and oxygen atoms in total. The van der Waals surface area contributed by atoms with Crippen molar-refractivity contribution in [2.45, 2.75) is 33.2 Å². The Kier molecular flexibility index (Phi) is 9.87. The van der Waals surface area contributed by atoms with E-state index in [1.54, 1.807) is 7.11 Å². The molecule has 0 aromatic heterocycles. The molecule has 1 N–H and O–H groups in total. The fourth-order valence-corrected chi connectivity index (χ4v) is 2.11. The Hall–Kier alpha value is -1.75. The molecule has 0 aliphatic heterocycles. The highest BCUT2D eigenvalue weighted by Crippen LogP contribution is 2.12. The molecule has 23 heavy (non-hydrogen) atoms. The molecule has 0 atom stereocenters. The van der Waals surface area contributed by atoms with Gasteiger partial charge in [-0.2, -0.15) is 0 Å². The molecular formula is C18H31N3O2. The quantitative estimate of drug-likeness (QED) is 0.409. The Morgan fingerprint density at radius 3 is 2.52 bits per heavy atom. The number of guanidine groups is 1. The van der Waals surface area contributed by atoms with Crippen LogP contribution in [-0.4, -0.2) is 51.3 Å². The molecule has 1 aromatic carbocycles. The van der Waals surface area contributed by atoms with Gasteiger partial charge in [0.1, 0.15) is 5.75 Å². The lowest BCUT2D eigenvalue weighted by atomic mass is 10.2. The van der Waals surface area contributed by atoms with Gasteiger partial charge in [-0.15, -0.1) is 0 Å². The highest BCUT2D eigenvalue weighted by molar-refractivity contribution is 5.79. The molecule has 0 aliphatic carbocycles. The van der Waals surface area contributed by atoms with Crippen LogP contribution < -0.4 is 10.1 Å². The number of aliphatic imine (C=N–C) groups is 1. The average Bonchev–Trinajstić information content (AvgIpc) is 2.57. The molecule has 0 spiro atoms. The lowest BCUT2D eigenvalue weighted by Gasteiger charge is -2.22. The summed E-state index contributed by atoms with van der Waals surface area (Å²) in [6.45, 7) is 8.07. The summed E-state index contributed by atoms with van der Waals surface area (Å²) in [5.74, 6) is 1.78. The largest absolute Gasteiger partial charge is 0.497 e. The zero-order chi connectivity index (χ0) is 16.9. The lowest BCUT2D eigenvalue weighted by molar-refractivity contribution is 0.138. The monoisotopic (exact) mass is 321 g/mol. The van der Waals surface area contributed by atoms with Crippen LogP contribution in [0.1, 0.15) is 32.3 Å². The first-order chi connectivity index (χ1) is 11.2. The van der Waals surface area contributed by atoms with Crippen LogP contribution in [0.2, 0.25) is 0 Å². The summed E-state index contributed by atoms with van der Waals surface area (Å²) in [4.78, 5) is 6.75. The van der Waals surface area contributed by atoms with E-state index >= 15 is 0 Å². The number of rotatable bonds is 10. The van der Waals surface area contributed by atoms with Gasteiger partial charge in [0.25, 0.3) is 0 Å². The fourth-order valence-electron chi connectivity index (χ4n) is 2.11. The maximum atomic E-state index is 5.56. The highest BCUT2D eigenvalue weighted by atomic mass is 16.5. The van der Waals surface area contributed by atoms with E-state index in [0.29, 0.717) is 13.2 Å². The minimum Gasteiger partial charge on any atom is -0.497 e. The van der Waals surface area contributed by atoms with E-state index in [9.17, 15) is 0 Å². The Bertz CT molecular complexity index is 446. The first-order valence-corrected chi connectivity index (χ1v) is 8.41. The van der Waals surface area contributed by atoms with Gasteiger partial charge in [-0.3, -0.25) is 4.99 Å². The third-order valence-electron chi connectivity index (χ3n) is 3.41. The Labute approximate surface area is 140 Å². The molecule has 1 rings (SSSR count). The van der Waals surface area contributed by atoms with Gasteiger partial charge in [-0.05, 0) is 31.0 Å². The first-order valence-electron chi connectivity index (χ1n) is 8.41. The minimum absolute atomic E-state index is 0.672. The average molecular weight is 321 g/mol. The van der Waals surface area contributed by atoms with Gasteiger partial charge in [-0.1, -0.05) is 25.5 Å². The number of hydrogen-bond acceptors (Lipinski definition) is 3. The van der Waals surface area contributed by atoms with E-state index in [1.807, 2.05) is 19.2 Å². The Balaban J connectivity index is 2.49. The minimum atomic E-state index is 0.672. The molecule has 0 aliphatic rings. The summed E-state index contributed by atoms with van der Waals surface area (Å²) in [7, 11) is 3.73. The molecule has 0 saturated carbocycles. The van der Waals surface area contributed by atoms with Crippen LogP contribution in [-0.2, 0) is 11.3 Å². The zero-order valence-corrected chi connectivity index (χ0v) is 15.0. The summed E-state index contributed by atoms with van der Waals surface area (Å²) >= 11 is 0. The van der Waals surface area contributed by atoms with Gasteiger partial charge < -0.3 is 19.7 Å². The molecule has 0 radical (unpaired) electrons. The maximum absolute atomic E-state index is 5.56. The van der Waals surface area contributed by atoms with Crippen molar-refractivity contribution in [2.24, 2.45) is 4.99 Å². The second-order valence-electron chi connectivity index (χ2n) is 5.41. The Morgan fingerprint density at radius 2 is 1.91 bits per heavy atom. The summed E-state index contributed by atoms with van der Waals surface area (Å²) in [5.41, 5.74) is 1.22. The number of ether oxygens (including phenoxy) is 2. The van der Waals surface area contributed by atoms with Gasteiger partial charge in [0.15, 0.2) is 5.96 Å². The van der Waals surface area contributed by atoms with Gasteiger partial charge in [0.05, 0.1) is 20.3 Å². The van der Waals surface area contributed by atoms with Gasteiger partial charge in [-0.25, -0.2) is 0 Å². The molecule has 0 bridgehead atoms. The van der Waals surface area contributed by atoms with Gasteiger partial charge >= 0.3 is 0 Å². The number of benzene rings is 1. The summed E-state index contributed by atoms with van der Waals surface area (Å²) in [5, 5.41) is 3.32. The second kappa shape index (κ2) is 11.8. The van der Waals surface area contributed by atoms with Crippen LogP contribution in [0.4, 0.5) is 0 Å². The van der Waals surface area contributed by atoms with Crippen molar-refractivity contribution in [3.05, 3.63) is 29.8 Å². The molecule has 5 heteroatoms. The van der Waals surface area contributed by atoms with E-state index in [-0.39, 0.29) is 0 Å². The van der Waals surface area contributed by atoms with Crippen molar-refractivity contribution in [3.8, 4) is 5.75 Å². The number of unbranched alkanes of at least 4 members (excludes halogenated alkanes) is 1. The smallest absolute Gasteiger partial charge is 0.194 e. The molecule has 130 valence electrons. The molecule has 0 saturated heterocycles. The molecular weight excluding hydrogens is 290 g/mol. The normalized spacial score (nSPS) is 11.4. The fraction of sp³-hybridized carbons (Fsp3) is 0.611.